The van der Waals surface area contributed by atoms with Crippen LogP contribution in [0.3, 0.4) is 0 Å². The Labute approximate surface area is 157 Å². The summed E-state index contributed by atoms with van der Waals surface area (Å²) in [5.41, 5.74) is -0.622. The lowest BCUT2D eigenvalue weighted by Gasteiger charge is -2.33. The molecule has 0 aromatic heterocycles. The van der Waals surface area contributed by atoms with Crippen LogP contribution in [0.25, 0.3) is 0 Å². The predicted molar refractivity (Wildman–Crippen MR) is 99.5 cm³/mol. The highest BCUT2D eigenvalue weighted by molar-refractivity contribution is 5.66. The third-order valence-corrected chi connectivity index (χ3v) is 3.91. The molecule has 0 radical (unpaired) electrons. The van der Waals surface area contributed by atoms with E-state index >= 15 is 0 Å². The Kier molecular flexibility index (Phi) is 5.89. The number of nitro benzene ring substituents is 1. The number of nitrogens with zero attached hydrogens (tertiary/aromatic N) is 2. The van der Waals surface area contributed by atoms with Crippen molar-refractivity contribution in [3.8, 4) is 17.2 Å². The molecular weight excluding hydrogens is 352 g/mol. The van der Waals surface area contributed by atoms with Crippen molar-refractivity contribution < 1.29 is 24.3 Å². The van der Waals surface area contributed by atoms with Crippen molar-refractivity contribution in [2.24, 2.45) is 0 Å². The van der Waals surface area contributed by atoms with E-state index in [1.54, 1.807) is 52.1 Å². The molecule has 0 aliphatic carbocycles. The summed E-state index contributed by atoms with van der Waals surface area (Å²) in [4.78, 5) is 23.5. The van der Waals surface area contributed by atoms with Gasteiger partial charge in [-0.2, -0.15) is 0 Å². The lowest BCUT2D eigenvalue weighted by molar-refractivity contribution is -0.385. The zero-order valence-corrected chi connectivity index (χ0v) is 15.6. The molecule has 2 rings (SSSR count). The first-order valence-electron chi connectivity index (χ1n) is 8.21. The van der Waals surface area contributed by atoms with Gasteiger partial charge in [0.25, 0.3) is 5.69 Å². The van der Waals surface area contributed by atoms with E-state index in [-0.39, 0.29) is 17.8 Å². The zero-order chi connectivity index (χ0) is 20.2. The van der Waals surface area contributed by atoms with Crippen LogP contribution in [0.1, 0.15) is 26.3 Å². The average Bonchev–Trinajstić information content (AvgIpc) is 2.59. The fourth-order valence-corrected chi connectivity index (χ4v) is 2.47. The molecule has 0 spiro atoms. The summed E-state index contributed by atoms with van der Waals surface area (Å²) < 4.78 is 10.8. The SMILES string of the molecule is COc1ccc(Oc2ccc([N+](=O)[O-])c(CN(C(=O)O)C(C)(C)C)c2)cc1. The molecule has 2 aromatic carbocycles. The van der Waals surface area contributed by atoms with Gasteiger partial charge in [-0.1, -0.05) is 0 Å². The largest absolute Gasteiger partial charge is 0.497 e. The van der Waals surface area contributed by atoms with Crippen LogP contribution in [0, 0.1) is 10.1 Å². The van der Waals surface area contributed by atoms with Crippen molar-refractivity contribution in [3.63, 3.8) is 0 Å². The van der Waals surface area contributed by atoms with E-state index in [4.69, 9.17) is 9.47 Å². The minimum Gasteiger partial charge on any atom is -0.497 e. The summed E-state index contributed by atoms with van der Waals surface area (Å²) in [5, 5.41) is 20.8. The normalized spacial score (nSPS) is 11.0. The van der Waals surface area contributed by atoms with Crippen molar-refractivity contribution in [3.05, 3.63) is 58.1 Å². The molecule has 0 saturated carbocycles. The molecular formula is C19H22N2O6. The Balaban J connectivity index is 2.35. The van der Waals surface area contributed by atoms with Crippen LogP contribution < -0.4 is 9.47 Å². The highest BCUT2D eigenvalue weighted by Gasteiger charge is 2.29. The van der Waals surface area contributed by atoms with Gasteiger partial charge in [0.05, 0.1) is 24.1 Å². The predicted octanol–water partition coefficient (Wildman–Crippen LogP) is 4.67. The van der Waals surface area contributed by atoms with Gasteiger partial charge in [0, 0.05) is 11.6 Å². The molecule has 0 bridgehead atoms. The lowest BCUT2D eigenvalue weighted by atomic mass is 10.0. The van der Waals surface area contributed by atoms with E-state index in [0.717, 1.165) is 4.90 Å². The number of benzene rings is 2. The monoisotopic (exact) mass is 374 g/mol. The summed E-state index contributed by atoms with van der Waals surface area (Å²) in [6.07, 6.45) is -1.15. The number of carbonyl (C=O) groups is 1. The van der Waals surface area contributed by atoms with Crippen LogP contribution in [0.5, 0.6) is 17.2 Å². The van der Waals surface area contributed by atoms with Crippen LogP contribution in [-0.2, 0) is 6.54 Å². The number of hydrogen-bond acceptors (Lipinski definition) is 5. The van der Waals surface area contributed by atoms with E-state index in [1.165, 1.54) is 18.2 Å². The molecule has 1 N–H and O–H groups in total. The van der Waals surface area contributed by atoms with Crippen molar-refractivity contribution in [1.82, 2.24) is 4.90 Å². The second-order valence-corrected chi connectivity index (χ2v) is 6.86. The molecule has 0 saturated heterocycles. The molecule has 0 unspecified atom stereocenters. The fraction of sp³-hybridized carbons (Fsp3) is 0.316. The van der Waals surface area contributed by atoms with E-state index < -0.39 is 16.6 Å². The molecule has 1 amide bonds. The summed E-state index contributed by atoms with van der Waals surface area (Å²) in [5.74, 6) is 1.58. The molecule has 8 nitrogen and oxygen atoms in total. The highest BCUT2D eigenvalue weighted by Crippen LogP contribution is 2.31. The number of nitro groups is 1. The Bertz CT molecular complexity index is 827. The number of rotatable bonds is 6. The van der Waals surface area contributed by atoms with Gasteiger partial charge in [-0.05, 0) is 57.2 Å². The van der Waals surface area contributed by atoms with Gasteiger partial charge in [-0.15, -0.1) is 0 Å². The maximum absolute atomic E-state index is 11.6. The molecule has 144 valence electrons. The average molecular weight is 374 g/mol. The second kappa shape index (κ2) is 7.94. The van der Waals surface area contributed by atoms with Crippen molar-refractivity contribution in [2.45, 2.75) is 32.9 Å². The second-order valence-electron chi connectivity index (χ2n) is 6.86. The first kappa shape index (κ1) is 20.0. The van der Waals surface area contributed by atoms with E-state index in [0.29, 0.717) is 17.2 Å². The van der Waals surface area contributed by atoms with Gasteiger partial charge >= 0.3 is 6.09 Å². The minimum absolute atomic E-state index is 0.130. The van der Waals surface area contributed by atoms with E-state index in [1.807, 2.05) is 0 Å². The summed E-state index contributed by atoms with van der Waals surface area (Å²) >= 11 is 0. The van der Waals surface area contributed by atoms with Crippen molar-refractivity contribution >= 4 is 11.8 Å². The quantitative estimate of drug-likeness (QED) is 0.582. The first-order valence-corrected chi connectivity index (χ1v) is 8.21. The van der Waals surface area contributed by atoms with Crippen molar-refractivity contribution in [2.75, 3.05) is 7.11 Å². The van der Waals surface area contributed by atoms with Gasteiger partial charge in [0.15, 0.2) is 0 Å². The molecule has 8 heteroatoms. The molecule has 27 heavy (non-hydrogen) atoms. The lowest BCUT2D eigenvalue weighted by Crippen LogP contribution is -2.44. The Morgan fingerprint density at radius 2 is 1.67 bits per heavy atom. The van der Waals surface area contributed by atoms with Gasteiger partial charge in [-0.3, -0.25) is 15.0 Å². The number of amides is 1. The third kappa shape index (κ3) is 5.10. The Morgan fingerprint density at radius 1 is 1.11 bits per heavy atom. The maximum atomic E-state index is 11.6. The van der Waals surface area contributed by atoms with E-state index in [9.17, 15) is 20.0 Å². The summed E-state index contributed by atoms with van der Waals surface area (Å²) in [7, 11) is 1.56. The summed E-state index contributed by atoms with van der Waals surface area (Å²) in [6.45, 7) is 5.05. The molecule has 0 atom stereocenters. The van der Waals surface area contributed by atoms with Crippen LogP contribution in [0.2, 0.25) is 0 Å². The van der Waals surface area contributed by atoms with Gasteiger partial charge in [0.2, 0.25) is 0 Å². The molecule has 0 heterocycles. The summed E-state index contributed by atoms with van der Waals surface area (Å²) in [6, 6.07) is 11.2. The molecule has 0 aliphatic rings. The van der Waals surface area contributed by atoms with Crippen molar-refractivity contribution in [1.29, 1.82) is 0 Å². The number of hydrogen-bond donors (Lipinski definition) is 1. The number of carboxylic acid groups (broad SMARTS) is 1. The van der Waals surface area contributed by atoms with Crippen LogP contribution in [-0.4, -0.2) is 33.7 Å². The fourth-order valence-electron chi connectivity index (χ4n) is 2.47. The highest BCUT2D eigenvalue weighted by atomic mass is 16.6. The first-order chi connectivity index (χ1) is 12.6. The van der Waals surface area contributed by atoms with E-state index in [2.05, 4.69) is 0 Å². The van der Waals surface area contributed by atoms with Crippen LogP contribution >= 0.6 is 0 Å². The third-order valence-electron chi connectivity index (χ3n) is 3.91. The molecule has 0 fully saturated rings. The van der Waals surface area contributed by atoms with Gasteiger partial charge in [-0.25, -0.2) is 4.79 Å². The maximum Gasteiger partial charge on any atom is 0.408 e. The Morgan fingerprint density at radius 3 is 2.15 bits per heavy atom. The standard InChI is InChI=1S/C19H22N2O6/c1-19(2,3)20(18(22)23)12-13-11-16(9-10-17(13)21(24)25)27-15-7-5-14(26-4)6-8-15/h5-11H,12H2,1-4H3,(H,22,23). The Hall–Kier alpha value is -3.29. The number of methoxy groups -OCH3 is 1. The smallest absolute Gasteiger partial charge is 0.408 e. The van der Waals surface area contributed by atoms with Gasteiger partial charge in [0.1, 0.15) is 17.2 Å². The van der Waals surface area contributed by atoms with Crippen LogP contribution in [0.15, 0.2) is 42.5 Å². The minimum atomic E-state index is -1.15. The molecule has 2 aromatic rings. The molecule has 0 aliphatic heterocycles. The van der Waals surface area contributed by atoms with Gasteiger partial charge < -0.3 is 14.6 Å². The topological polar surface area (TPSA) is 102 Å². The zero-order valence-electron chi connectivity index (χ0n) is 15.6. The van der Waals surface area contributed by atoms with Crippen LogP contribution in [0.4, 0.5) is 10.5 Å². The number of ether oxygens (including phenoxy) is 2.